The van der Waals surface area contributed by atoms with Gasteiger partial charge in [0, 0.05) is 12.6 Å². The molecule has 0 heterocycles. The minimum Gasteiger partial charge on any atom is -0.310 e. The molecule has 1 saturated carbocycles. The van der Waals surface area contributed by atoms with Gasteiger partial charge in [-0.3, -0.25) is 0 Å². The van der Waals surface area contributed by atoms with E-state index in [0.29, 0.717) is 0 Å². The zero-order chi connectivity index (χ0) is 12.8. The van der Waals surface area contributed by atoms with Gasteiger partial charge in [0.25, 0.3) is 0 Å². The molecule has 0 spiro atoms. The van der Waals surface area contributed by atoms with Gasteiger partial charge in [0.2, 0.25) is 0 Å². The van der Waals surface area contributed by atoms with Crippen molar-refractivity contribution >= 4 is 0 Å². The van der Waals surface area contributed by atoms with Crippen molar-refractivity contribution < 1.29 is 0 Å². The van der Waals surface area contributed by atoms with Crippen LogP contribution in [0.25, 0.3) is 0 Å². The highest BCUT2D eigenvalue weighted by Gasteiger charge is 2.19. The molecule has 1 aromatic carbocycles. The van der Waals surface area contributed by atoms with Crippen LogP contribution in [0.5, 0.6) is 0 Å². The first-order chi connectivity index (χ1) is 8.78. The van der Waals surface area contributed by atoms with Crippen molar-refractivity contribution in [2.45, 2.75) is 65.0 Å². The Morgan fingerprint density at radius 1 is 1.17 bits per heavy atom. The van der Waals surface area contributed by atoms with Gasteiger partial charge in [0.15, 0.2) is 0 Å². The average Bonchev–Trinajstić information content (AvgIpc) is 2.38. The molecular weight excluding hydrogens is 218 g/mol. The predicted molar refractivity (Wildman–Crippen MR) is 78.7 cm³/mol. The summed E-state index contributed by atoms with van der Waals surface area (Å²) in [6, 6.07) is 9.58. The van der Waals surface area contributed by atoms with E-state index in [4.69, 9.17) is 0 Å². The molecule has 100 valence electrons. The molecule has 0 atom stereocenters. The standard InChI is InChI=1S/C17H27N/c1-3-5-15-8-10-17(11-9-15)18-13-16-7-4-6-14(2)12-16/h4,6-7,12,15,17-18H,3,5,8-11,13H2,1-2H3. The number of benzene rings is 1. The fourth-order valence-corrected chi connectivity index (χ4v) is 3.15. The van der Waals surface area contributed by atoms with Gasteiger partial charge >= 0.3 is 0 Å². The van der Waals surface area contributed by atoms with Crippen LogP contribution in [0.4, 0.5) is 0 Å². The molecule has 1 nitrogen and oxygen atoms in total. The van der Waals surface area contributed by atoms with Crippen LogP contribution >= 0.6 is 0 Å². The van der Waals surface area contributed by atoms with E-state index in [9.17, 15) is 0 Å². The van der Waals surface area contributed by atoms with Crippen molar-refractivity contribution in [1.82, 2.24) is 5.32 Å². The van der Waals surface area contributed by atoms with Crippen molar-refractivity contribution in [2.24, 2.45) is 5.92 Å². The van der Waals surface area contributed by atoms with Gasteiger partial charge in [-0.25, -0.2) is 0 Å². The van der Waals surface area contributed by atoms with E-state index in [1.54, 1.807) is 0 Å². The summed E-state index contributed by atoms with van der Waals surface area (Å²) in [7, 11) is 0. The van der Waals surface area contributed by atoms with Crippen LogP contribution < -0.4 is 5.32 Å². The van der Waals surface area contributed by atoms with E-state index < -0.39 is 0 Å². The predicted octanol–water partition coefficient (Wildman–Crippen LogP) is 4.44. The second-order valence-electron chi connectivity index (χ2n) is 5.88. The summed E-state index contributed by atoms with van der Waals surface area (Å²) in [6.07, 6.45) is 8.39. The summed E-state index contributed by atoms with van der Waals surface area (Å²) in [5, 5.41) is 3.73. The quantitative estimate of drug-likeness (QED) is 0.808. The lowest BCUT2D eigenvalue weighted by atomic mass is 9.83. The molecule has 1 aromatic rings. The monoisotopic (exact) mass is 245 g/mol. The van der Waals surface area contributed by atoms with Crippen molar-refractivity contribution in [3.8, 4) is 0 Å². The Morgan fingerprint density at radius 2 is 1.94 bits per heavy atom. The van der Waals surface area contributed by atoms with Gasteiger partial charge < -0.3 is 5.32 Å². The van der Waals surface area contributed by atoms with Crippen LogP contribution in [-0.2, 0) is 6.54 Å². The summed E-state index contributed by atoms with van der Waals surface area (Å²) >= 11 is 0. The van der Waals surface area contributed by atoms with Crippen molar-refractivity contribution in [2.75, 3.05) is 0 Å². The fraction of sp³-hybridized carbons (Fsp3) is 0.647. The molecule has 1 N–H and O–H groups in total. The third-order valence-electron chi connectivity index (χ3n) is 4.22. The molecule has 1 aliphatic rings. The van der Waals surface area contributed by atoms with E-state index >= 15 is 0 Å². The van der Waals surface area contributed by atoms with Crippen LogP contribution in [0, 0.1) is 12.8 Å². The number of rotatable bonds is 5. The Morgan fingerprint density at radius 3 is 2.61 bits per heavy atom. The molecule has 0 unspecified atom stereocenters. The minimum absolute atomic E-state index is 0.749. The number of nitrogens with one attached hydrogen (secondary N) is 1. The Bertz CT molecular complexity index is 350. The van der Waals surface area contributed by atoms with Gasteiger partial charge in [-0.1, -0.05) is 49.6 Å². The lowest BCUT2D eigenvalue weighted by Crippen LogP contribution is -2.32. The Kier molecular flexibility index (Phi) is 5.25. The summed E-state index contributed by atoms with van der Waals surface area (Å²) in [5.74, 6) is 1.01. The molecule has 1 aliphatic carbocycles. The maximum Gasteiger partial charge on any atom is 0.0208 e. The molecule has 0 bridgehead atoms. The van der Waals surface area contributed by atoms with Crippen LogP contribution in [0.1, 0.15) is 56.6 Å². The zero-order valence-electron chi connectivity index (χ0n) is 11.9. The molecule has 2 rings (SSSR count). The lowest BCUT2D eigenvalue weighted by molar-refractivity contribution is 0.277. The van der Waals surface area contributed by atoms with Gasteiger partial charge in [-0.15, -0.1) is 0 Å². The second-order valence-corrected chi connectivity index (χ2v) is 5.88. The molecule has 0 aromatic heterocycles. The van der Waals surface area contributed by atoms with Crippen molar-refractivity contribution in [3.63, 3.8) is 0 Å². The number of hydrogen-bond acceptors (Lipinski definition) is 1. The second kappa shape index (κ2) is 6.94. The maximum absolute atomic E-state index is 3.73. The molecule has 0 aliphatic heterocycles. The summed E-state index contributed by atoms with van der Waals surface area (Å²) < 4.78 is 0. The first-order valence-corrected chi connectivity index (χ1v) is 7.57. The number of aryl methyl sites for hydroxylation is 1. The number of hydrogen-bond donors (Lipinski definition) is 1. The van der Waals surface area contributed by atoms with Crippen molar-refractivity contribution in [3.05, 3.63) is 35.4 Å². The molecule has 0 amide bonds. The SMILES string of the molecule is CCCC1CCC(NCc2cccc(C)c2)CC1. The van der Waals surface area contributed by atoms with Gasteiger partial charge in [0.05, 0.1) is 0 Å². The van der Waals surface area contributed by atoms with Gasteiger partial charge in [-0.2, -0.15) is 0 Å². The highest BCUT2D eigenvalue weighted by atomic mass is 14.9. The van der Waals surface area contributed by atoms with Crippen LogP contribution in [-0.4, -0.2) is 6.04 Å². The highest BCUT2D eigenvalue weighted by molar-refractivity contribution is 5.22. The van der Waals surface area contributed by atoms with E-state index in [0.717, 1.165) is 18.5 Å². The first kappa shape index (κ1) is 13.6. The topological polar surface area (TPSA) is 12.0 Å². The summed E-state index contributed by atoms with van der Waals surface area (Å²) in [6.45, 7) is 5.51. The van der Waals surface area contributed by atoms with E-state index in [1.165, 1.54) is 49.7 Å². The zero-order valence-corrected chi connectivity index (χ0v) is 11.9. The molecule has 1 fully saturated rings. The largest absolute Gasteiger partial charge is 0.310 e. The van der Waals surface area contributed by atoms with Crippen LogP contribution in [0.3, 0.4) is 0 Å². The third kappa shape index (κ3) is 4.13. The Hall–Kier alpha value is -0.820. The lowest BCUT2D eigenvalue weighted by Gasteiger charge is -2.29. The molecule has 18 heavy (non-hydrogen) atoms. The maximum atomic E-state index is 3.73. The summed E-state index contributed by atoms with van der Waals surface area (Å²) in [4.78, 5) is 0. The fourth-order valence-electron chi connectivity index (χ4n) is 3.15. The molecular formula is C17H27N. The van der Waals surface area contributed by atoms with E-state index in [-0.39, 0.29) is 0 Å². The molecule has 0 saturated heterocycles. The Balaban J connectivity index is 1.72. The Labute approximate surface area is 112 Å². The van der Waals surface area contributed by atoms with Crippen molar-refractivity contribution in [1.29, 1.82) is 0 Å². The normalized spacial score (nSPS) is 24.1. The van der Waals surface area contributed by atoms with Gasteiger partial charge in [-0.05, 0) is 44.1 Å². The van der Waals surface area contributed by atoms with E-state index in [2.05, 4.69) is 43.4 Å². The highest BCUT2D eigenvalue weighted by Crippen LogP contribution is 2.27. The minimum atomic E-state index is 0.749. The average molecular weight is 245 g/mol. The van der Waals surface area contributed by atoms with Crippen LogP contribution in [0.2, 0.25) is 0 Å². The smallest absolute Gasteiger partial charge is 0.0208 e. The molecule has 0 radical (unpaired) electrons. The molecule has 1 heteroatoms. The van der Waals surface area contributed by atoms with Gasteiger partial charge in [0.1, 0.15) is 0 Å². The third-order valence-corrected chi connectivity index (χ3v) is 4.22. The van der Waals surface area contributed by atoms with Crippen LogP contribution in [0.15, 0.2) is 24.3 Å². The summed E-state index contributed by atoms with van der Waals surface area (Å²) in [5.41, 5.74) is 2.78. The van der Waals surface area contributed by atoms with E-state index in [1.807, 2.05) is 0 Å². The first-order valence-electron chi connectivity index (χ1n) is 7.57.